The first-order valence-electron chi connectivity index (χ1n) is 9.57. The summed E-state index contributed by atoms with van der Waals surface area (Å²) < 4.78 is 5.84. The molecule has 0 spiro atoms. The highest BCUT2D eigenvalue weighted by Crippen LogP contribution is 2.27. The van der Waals surface area contributed by atoms with Crippen LogP contribution in [-0.4, -0.2) is 19.0 Å². The summed E-state index contributed by atoms with van der Waals surface area (Å²) in [4.78, 5) is 14.5. The van der Waals surface area contributed by atoms with Crippen LogP contribution >= 0.6 is 0 Å². The number of carbonyl (C=O) groups excluding carboxylic acids is 1. The molecule has 1 aliphatic heterocycles. The summed E-state index contributed by atoms with van der Waals surface area (Å²) >= 11 is 0. The van der Waals surface area contributed by atoms with Crippen molar-refractivity contribution in [1.29, 1.82) is 5.26 Å². The summed E-state index contributed by atoms with van der Waals surface area (Å²) in [6.07, 6.45) is 0.901. The van der Waals surface area contributed by atoms with Crippen molar-refractivity contribution in [3.8, 4) is 11.8 Å². The minimum Gasteiger partial charge on any atom is -0.489 e. The van der Waals surface area contributed by atoms with Gasteiger partial charge in [0.05, 0.1) is 18.2 Å². The average molecular weight is 383 g/mol. The van der Waals surface area contributed by atoms with Gasteiger partial charge in [-0.2, -0.15) is 5.26 Å². The number of anilines is 2. The lowest BCUT2D eigenvalue weighted by Gasteiger charge is -2.18. The minimum atomic E-state index is 0.0505. The van der Waals surface area contributed by atoms with E-state index in [0.717, 1.165) is 29.9 Å². The fraction of sp³-hybridized carbons (Fsp3) is 0.167. The molecule has 0 saturated carbocycles. The Hall–Kier alpha value is -3.78. The lowest BCUT2D eigenvalue weighted by molar-refractivity contribution is -0.116. The van der Waals surface area contributed by atoms with Crippen molar-refractivity contribution in [2.24, 2.45) is 0 Å². The highest BCUT2D eigenvalue weighted by Gasteiger charge is 2.23. The Balaban J connectivity index is 1.34. The molecule has 3 aromatic carbocycles. The van der Waals surface area contributed by atoms with Crippen molar-refractivity contribution in [1.82, 2.24) is 0 Å². The van der Waals surface area contributed by atoms with E-state index >= 15 is 0 Å². The molecule has 1 heterocycles. The smallest absolute Gasteiger partial charge is 0.246 e. The number of para-hydroxylation sites is 1. The molecule has 0 unspecified atom stereocenters. The maximum Gasteiger partial charge on any atom is 0.246 e. The Morgan fingerprint density at radius 2 is 1.93 bits per heavy atom. The van der Waals surface area contributed by atoms with Gasteiger partial charge in [-0.3, -0.25) is 4.79 Å². The third kappa shape index (κ3) is 4.39. The Labute approximate surface area is 170 Å². The summed E-state index contributed by atoms with van der Waals surface area (Å²) in [5, 5.41) is 12.2. The van der Waals surface area contributed by atoms with Gasteiger partial charge in [0.15, 0.2) is 0 Å². The van der Waals surface area contributed by atoms with Crippen LogP contribution in [0.25, 0.3) is 0 Å². The topological polar surface area (TPSA) is 65.4 Å². The number of hydrogen-bond acceptors (Lipinski definition) is 4. The van der Waals surface area contributed by atoms with Gasteiger partial charge in [0.1, 0.15) is 12.4 Å². The molecule has 1 aliphatic rings. The number of carbonyl (C=O) groups is 1. The third-order valence-corrected chi connectivity index (χ3v) is 4.93. The number of ether oxygens (including phenoxy) is 1. The van der Waals surface area contributed by atoms with Gasteiger partial charge in [-0.1, -0.05) is 36.4 Å². The summed E-state index contributed by atoms with van der Waals surface area (Å²) in [5.41, 5.74) is 4.61. The quantitative estimate of drug-likeness (QED) is 0.695. The molecular weight excluding hydrogens is 362 g/mol. The number of fused-ring (bicyclic) bond motifs is 1. The number of nitrogens with zero attached hydrogens (tertiary/aromatic N) is 2. The molecule has 5 nitrogen and oxygen atoms in total. The average Bonchev–Trinajstić information content (AvgIpc) is 3.21. The molecule has 29 heavy (non-hydrogen) atoms. The first-order chi connectivity index (χ1) is 14.2. The number of benzene rings is 3. The van der Waals surface area contributed by atoms with Gasteiger partial charge in [0.25, 0.3) is 0 Å². The molecule has 0 radical (unpaired) electrons. The van der Waals surface area contributed by atoms with Crippen LogP contribution in [0.3, 0.4) is 0 Å². The van der Waals surface area contributed by atoms with Gasteiger partial charge in [-0.25, -0.2) is 0 Å². The molecule has 0 atom stereocenters. The van der Waals surface area contributed by atoms with Crippen molar-refractivity contribution >= 4 is 17.3 Å². The Morgan fingerprint density at radius 3 is 2.83 bits per heavy atom. The second-order valence-electron chi connectivity index (χ2n) is 6.91. The lowest BCUT2D eigenvalue weighted by Crippen LogP contribution is -2.34. The summed E-state index contributed by atoms with van der Waals surface area (Å²) in [7, 11) is 0. The van der Waals surface area contributed by atoms with Crippen LogP contribution in [0.2, 0.25) is 0 Å². The summed E-state index contributed by atoms with van der Waals surface area (Å²) in [6, 6.07) is 25.1. The Morgan fingerprint density at radius 1 is 1.07 bits per heavy atom. The fourth-order valence-corrected chi connectivity index (χ4v) is 3.46. The molecule has 4 rings (SSSR count). The lowest BCUT2D eigenvalue weighted by atomic mass is 10.1. The minimum absolute atomic E-state index is 0.0505. The maximum atomic E-state index is 12.6. The van der Waals surface area contributed by atoms with E-state index in [-0.39, 0.29) is 12.5 Å². The summed E-state index contributed by atoms with van der Waals surface area (Å²) in [6.45, 7) is 1.33. The molecule has 0 aliphatic carbocycles. The zero-order chi connectivity index (χ0) is 20.1. The van der Waals surface area contributed by atoms with Gasteiger partial charge in [-0.05, 0) is 47.9 Å². The number of nitriles is 1. The molecule has 144 valence electrons. The van der Waals surface area contributed by atoms with Gasteiger partial charge in [0, 0.05) is 24.0 Å². The monoisotopic (exact) mass is 383 g/mol. The van der Waals surface area contributed by atoms with E-state index in [2.05, 4.69) is 17.5 Å². The molecule has 0 aromatic heterocycles. The van der Waals surface area contributed by atoms with Crippen molar-refractivity contribution in [3.63, 3.8) is 0 Å². The molecule has 0 bridgehead atoms. The van der Waals surface area contributed by atoms with Crippen LogP contribution in [0.15, 0.2) is 72.8 Å². The normalized spacial score (nSPS) is 12.2. The van der Waals surface area contributed by atoms with E-state index in [0.29, 0.717) is 17.9 Å². The van der Waals surface area contributed by atoms with E-state index in [1.807, 2.05) is 65.6 Å². The molecular formula is C24H21N3O2. The van der Waals surface area contributed by atoms with Gasteiger partial charge in [0.2, 0.25) is 5.91 Å². The van der Waals surface area contributed by atoms with Crippen LogP contribution in [0.4, 0.5) is 11.4 Å². The van der Waals surface area contributed by atoms with E-state index in [1.54, 1.807) is 6.07 Å². The first-order valence-corrected chi connectivity index (χ1v) is 9.57. The van der Waals surface area contributed by atoms with E-state index in [9.17, 15) is 4.79 Å². The third-order valence-electron chi connectivity index (χ3n) is 4.93. The van der Waals surface area contributed by atoms with Crippen molar-refractivity contribution in [2.75, 3.05) is 23.3 Å². The van der Waals surface area contributed by atoms with Crippen LogP contribution in [0, 0.1) is 11.3 Å². The highest BCUT2D eigenvalue weighted by molar-refractivity contribution is 5.98. The van der Waals surface area contributed by atoms with Crippen molar-refractivity contribution in [3.05, 3.63) is 89.5 Å². The zero-order valence-electron chi connectivity index (χ0n) is 16.0. The van der Waals surface area contributed by atoms with Crippen LogP contribution in [0.5, 0.6) is 5.75 Å². The predicted molar refractivity (Wildman–Crippen MR) is 113 cm³/mol. The molecule has 0 fully saturated rings. The SMILES string of the molecule is N#Cc1cccc(COc2cccc(NCC(=O)N3CCc4ccccc43)c2)c1. The molecule has 1 amide bonds. The number of hydrogen-bond donors (Lipinski definition) is 1. The van der Waals surface area contributed by atoms with Crippen molar-refractivity contribution in [2.45, 2.75) is 13.0 Å². The van der Waals surface area contributed by atoms with Gasteiger partial charge < -0.3 is 15.0 Å². The van der Waals surface area contributed by atoms with E-state index in [4.69, 9.17) is 10.00 Å². The molecule has 5 heteroatoms. The second kappa shape index (κ2) is 8.49. The van der Waals surface area contributed by atoms with Crippen LogP contribution < -0.4 is 15.0 Å². The largest absolute Gasteiger partial charge is 0.489 e. The number of rotatable bonds is 6. The maximum absolute atomic E-state index is 12.6. The molecule has 0 saturated heterocycles. The summed E-state index contributed by atoms with van der Waals surface area (Å²) in [5.74, 6) is 0.755. The number of nitrogens with one attached hydrogen (secondary N) is 1. The second-order valence-corrected chi connectivity index (χ2v) is 6.91. The highest BCUT2D eigenvalue weighted by atomic mass is 16.5. The van der Waals surface area contributed by atoms with Crippen molar-refractivity contribution < 1.29 is 9.53 Å². The van der Waals surface area contributed by atoms with E-state index < -0.39 is 0 Å². The fourth-order valence-electron chi connectivity index (χ4n) is 3.46. The first kappa shape index (κ1) is 18.6. The standard InChI is InChI=1S/C24H21N3O2/c25-15-18-5-3-6-19(13-18)17-29-22-9-4-8-21(14-22)26-16-24(28)27-12-11-20-7-1-2-10-23(20)27/h1-10,13-14,26H,11-12,16-17H2. The zero-order valence-corrected chi connectivity index (χ0v) is 16.0. The Bertz CT molecular complexity index is 1070. The van der Waals surface area contributed by atoms with E-state index in [1.165, 1.54) is 5.56 Å². The van der Waals surface area contributed by atoms with Crippen LogP contribution in [0.1, 0.15) is 16.7 Å². The van der Waals surface area contributed by atoms with Crippen LogP contribution in [-0.2, 0) is 17.8 Å². The Kier molecular flexibility index (Phi) is 5.44. The number of amides is 1. The molecule has 1 N–H and O–H groups in total. The predicted octanol–water partition coefficient (Wildman–Crippen LogP) is 4.14. The van der Waals surface area contributed by atoms with Gasteiger partial charge in [-0.15, -0.1) is 0 Å². The molecule has 3 aromatic rings. The van der Waals surface area contributed by atoms with Gasteiger partial charge >= 0.3 is 0 Å².